The zero-order chi connectivity index (χ0) is 16.4. The first-order valence-electron chi connectivity index (χ1n) is 7.22. The summed E-state index contributed by atoms with van der Waals surface area (Å²) in [7, 11) is 0. The van der Waals surface area contributed by atoms with Crippen molar-refractivity contribution in [2.75, 3.05) is 5.32 Å². The maximum Gasteiger partial charge on any atom is 0.259 e. The molecule has 1 atom stereocenters. The summed E-state index contributed by atoms with van der Waals surface area (Å²) in [6, 6.07) is 15.4. The lowest BCUT2D eigenvalue weighted by atomic mass is 10.1. The fourth-order valence-electron chi connectivity index (χ4n) is 2.45. The van der Waals surface area contributed by atoms with Gasteiger partial charge in [0.2, 0.25) is 5.91 Å². The molecule has 1 heterocycles. The van der Waals surface area contributed by atoms with Crippen LogP contribution < -0.4 is 10.9 Å². The van der Waals surface area contributed by atoms with Gasteiger partial charge in [-0.25, -0.2) is 0 Å². The number of amides is 1. The summed E-state index contributed by atoms with van der Waals surface area (Å²) in [4.78, 5) is 24.9. The molecule has 1 N–H and O–H groups in total. The van der Waals surface area contributed by atoms with E-state index >= 15 is 0 Å². The van der Waals surface area contributed by atoms with Crippen molar-refractivity contribution < 1.29 is 4.79 Å². The zero-order valence-corrected chi connectivity index (χ0v) is 13.2. The standard InChI is InChI=1S/C18H15ClN2O2/c1-12(17(22)20-15-7-4-6-14(19)11-15)21-10-9-13-5-2-3-8-16(13)18(21)23/h2-12H,1H3,(H,20,22)/t12-/m1/s1. The predicted molar refractivity (Wildman–Crippen MR) is 93.0 cm³/mol. The van der Waals surface area contributed by atoms with Crippen LogP contribution in [0.3, 0.4) is 0 Å². The summed E-state index contributed by atoms with van der Waals surface area (Å²) >= 11 is 5.91. The predicted octanol–water partition coefficient (Wildman–Crippen LogP) is 3.85. The molecule has 0 radical (unpaired) electrons. The molecule has 1 aromatic heterocycles. The molecule has 0 fully saturated rings. The summed E-state index contributed by atoms with van der Waals surface area (Å²) in [6.45, 7) is 1.69. The van der Waals surface area contributed by atoms with Gasteiger partial charge < -0.3 is 9.88 Å². The van der Waals surface area contributed by atoms with Crippen molar-refractivity contribution in [1.82, 2.24) is 4.57 Å². The van der Waals surface area contributed by atoms with E-state index in [1.807, 2.05) is 24.3 Å². The number of hydrogen-bond donors (Lipinski definition) is 1. The Morgan fingerprint density at radius 3 is 2.70 bits per heavy atom. The number of nitrogens with one attached hydrogen (secondary N) is 1. The second kappa shape index (κ2) is 6.26. The molecule has 0 spiro atoms. The maximum atomic E-state index is 12.5. The Bertz CT molecular complexity index is 933. The van der Waals surface area contributed by atoms with Gasteiger partial charge in [-0.05, 0) is 42.6 Å². The molecule has 0 aliphatic heterocycles. The molecule has 116 valence electrons. The molecule has 1 amide bonds. The Morgan fingerprint density at radius 2 is 1.91 bits per heavy atom. The quantitative estimate of drug-likeness (QED) is 0.794. The molecule has 4 nitrogen and oxygen atoms in total. The Morgan fingerprint density at radius 1 is 1.13 bits per heavy atom. The van der Waals surface area contributed by atoms with Crippen molar-refractivity contribution >= 4 is 34.0 Å². The van der Waals surface area contributed by atoms with Crippen molar-refractivity contribution in [2.24, 2.45) is 0 Å². The molecule has 23 heavy (non-hydrogen) atoms. The van der Waals surface area contributed by atoms with Gasteiger partial charge in [-0.3, -0.25) is 9.59 Å². The van der Waals surface area contributed by atoms with Crippen molar-refractivity contribution in [2.45, 2.75) is 13.0 Å². The molecule has 0 unspecified atom stereocenters. The van der Waals surface area contributed by atoms with E-state index in [-0.39, 0.29) is 11.5 Å². The first-order chi connectivity index (χ1) is 11.1. The third-order valence-corrected chi connectivity index (χ3v) is 3.96. The summed E-state index contributed by atoms with van der Waals surface area (Å²) in [6.07, 6.45) is 1.65. The number of benzene rings is 2. The molecule has 3 rings (SSSR count). The highest BCUT2D eigenvalue weighted by molar-refractivity contribution is 6.30. The highest BCUT2D eigenvalue weighted by Gasteiger charge is 2.17. The normalized spacial score (nSPS) is 12.1. The fraction of sp³-hybridized carbons (Fsp3) is 0.111. The number of aromatic nitrogens is 1. The number of rotatable bonds is 3. The molecule has 0 saturated heterocycles. The molecular formula is C18H15ClN2O2. The maximum absolute atomic E-state index is 12.5. The lowest BCUT2D eigenvalue weighted by molar-refractivity contribution is -0.118. The van der Waals surface area contributed by atoms with E-state index in [0.717, 1.165) is 5.39 Å². The minimum atomic E-state index is -0.633. The van der Waals surface area contributed by atoms with Crippen molar-refractivity contribution in [3.05, 3.63) is 76.2 Å². The number of pyridine rings is 1. The van der Waals surface area contributed by atoms with E-state index in [4.69, 9.17) is 11.6 Å². The van der Waals surface area contributed by atoms with Gasteiger partial charge in [-0.2, -0.15) is 0 Å². The molecule has 0 aliphatic rings. The Balaban J connectivity index is 1.90. The topological polar surface area (TPSA) is 51.1 Å². The Kier molecular flexibility index (Phi) is 4.17. The van der Waals surface area contributed by atoms with Crippen LogP contribution in [0, 0.1) is 0 Å². The van der Waals surface area contributed by atoms with E-state index in [9.17, 15) is 9.59 Å². The van der Waals surface area contributed by atoms with Gasteiger partial charge in [0.1, 0.15) is 6.04 Å². The minimum absolute atomic E-state index is 0.183. The van der Waals surface area contributed by atoms with Gasteiger partial charge in [0.15, 0.2) is 0 Å². The van der Waals surface area contributed by atoms with Gasteiger partial charge in [0, 0.05) is 22.3 Å². The van der Waals surface area contributed by atoms with Crippen LogP contribution in [0.2, 0.25) is 5.02 Å². The van der Waals surface area contributed by atoms with E-state index in [0.29, 0.717) is 16.1 Å². The van der Waals surface area contributed by atoms with Crippen LogP contribution in [0.1, 0.15) is 13.0 Å². The van der Waals surface area contributed by atoms with Gasteiger partial charge in [0.25, 0.3) is 5.56 Å². The van der Waals surface area contributed by atoms with E-state index in [2.05, 4.69) is 5.32 Å². The summed E-state index contributed by atoms with van der Waals surface area (Å²) in [5.41, 5.74) is 0.417. The van der Waals surface area contributed by atoms with Crippen LogP contribution in [-0.2, 0) is 4.79 Å². The molecule has 0 saturated carbocycles. The number of nitrogens with zero attached hydrogens (tertiary/aromatic N) is 1. The van der Waals surface area contributed by atoms with Crippen LogP contribution in [0.25, 0.3) is 10.8 Å². The number of carbonyl (C=O) groups excluding carboxylic acids is 1. The summed E-state index contributed by atoms with van der Waals surface area (Å²) in [5, 5.41) is 4.77. The third-order valence-electron chi connectivity index (χ3n) is 3.73. The smallest absolute Gasteiger partial charge is 0.259 e. The monoisotopic (exact) mass is 326 g/mol. The molecule has 2 aromatic carbocycles. The van der Waals surface area contributed by atoms with Gasteiger partial charge in [0.05, 0.1) is 0 Å². The second-order valence-electron chi connectivity index (χ2n) is 5.29. The first kappa shape index (κ1) is 15.3. The molecule has 0 aliphatic carbocycles. The van der Waals surface area contributed by atoms with Crippen LogP contribution in [0.4, 0.5) is 5.69 Å². The molecular weight excluding hydrogens is 312 g/mol. The average Bonchev–Trinajstić information content (AvgIpc) is 2.55. The van der Waals surface area contributed by atoms with E-state index < -0.39 is 6.04 Å². The lowest BCUT2D eigenvalue weighted by Crippen LogP contribution is -2.31. The largest absolute Gasteiger partial charge is 0.324 e. The summed E-state index contributed by atoms with van der Waals surface area (Å²) in [5.74, 6) is -0.273. The average molecular weight is 327 g/mol. The van der Waals surface area contributed by atoms with E-state index in [1.165, 1.54) is 4.57 Å². The summed E-state index contributed by atoms with van der Waals surface area (Å²) < 4.78 is 1.43. The molecule has 5 heteroatoms. The molecule has 0 bridgehead atoms. The number of hydrogen-bond acceptors (Lipinski definition) is 2. The second-order valence-corrected chi connectivity index (χ2v) is 5.73. The van der Waals surface area contributed by atoms with Crippen LogP contribution >= 0.6 is 11.6 Å². The van der Waals surface area contributed by atoms with Crippen molar-refractivity contribution in [1.29, 1.82) is 0 Å². The minimum Gasteiger partial charge on any atom is -0.324 e. The van der Waals surface area contributed by atoms with Crippen molar-refractivity contribution in [3.63, 3.8) is 0 Å². The highest BCUT2D eigenvalue weighted by Crippen LogP contribution is 2.17. The number of carbonyl (C=O) groups is 1. The van der Waals surface area contributed by atoms with Gasteiger partial charge in [-0.1, -0.05) is 35.9 Å². The molecule has 3 aromatic rings. The highest BCUT2D eigenvalue weighted by atomic mass is 35.5. The van der Waals surface area contributed by atoms with Gasteiger partial charge in [-0.15, -0.1) is 0 Å². The number of fused-ring (bicyclic) bond motifs is 1. The number of anilines is 1. The third kappa shape index (κ3) is 3.12. The first-order valence-corrected chi connectivity index (χ1v) is 7.60. The van der Waals surface area contributed by atoms with Crippen LogP contribution in [0.5, 0.6) is 0 Å². The van der Waals surface area contributed by atoms with Crippen LogP contribution in [-0.4, -0.2) is 10.5 Å². The van der Waals surface area contributed by atoms with Gasteiger partial charge >= 0.3 is 0 Å². The number of halogens is 1. The SMILES string of the molecule is C[C@H](C(=O)Nc1cccc(Cl)c1)n1ccc2ccccc2c1=O. The van der Waals surface area contributed by atoms with Crippen LogP contribution in [0.15, 0.2) is 65.6 Å². The zero-order valence-electron chi connectivity index (χ0n) is 12.5. The lowest BCUT2D eigenvalue weighted by Gasteiger charge is -2.16. The Labute approximate surface area is 138 Å². The van der Waals surface area contributed by atoms with Crippen molar-refractivity contribution in [3.8, 4) is 0 Å². The Hall–Kier alpha value is -2.59. The van der Waals surface area contributed by atoms with E-state index in [1.54, 1.807) is 43.5 Å². The fourth-order valence-corrected chi connectivity index (χ4v) is 2.64.